The summed E-state index contributed by atoms with van der Waals surface area (Å²) in [6.07, 6.45) is 3.08. The summed E-state index contributed by atoms with van der Waals surface area (Å²) in [5.41, 5.74) is 1.61. The van der Waals surface area contributed by atoms with Crippen LogP contribution in [0.1, 0.15) is 10.4 Å². The van der Waals surface area contributed by atoms with Crippen LogP contribution in [0.5, 0.6) is 5.75 Å². The highest BCUT2D eigenvalue weighted by molar-refractivity contribution is 6.35. The van der Waals surface area contributed by atoms with Crippen LogP contribution in [0.4, 0.5) is 11.4 Å². The van der Waals surface area contributed by atoms with Gasteiger partial charge in [0.25, 0.3) is 11.8 Å². The third-order valence-corrected chi connectivity index (χ3v) is 4.13. The van der Waals surface area contributed by atoms with Crippen molar-refractivity contribution in [2.75, 3.05) is 17.2 Å². The van der Waals surface area contributed by atoms with Crippen molar-refractivity contribution in [3.8, 4) is 5.75 Å². The molecule has 0 fully saturated rings. The van der Waals surface area contributed by atoms with Gasteiger partial charge in [0.2, 0.25) is 0 Å². The molecule has 0 bridgehead atoms. The molecule has 0 spiro atoms. The van der Waals surface area contributed by atoms with Crippen molar-refractivity contribution in [2.24, 2.45) is 0 Å². The lowest BCUT2D eigenvalue weighted by Gasteiger charge is -2.10. The van der Waals surface area contributed by atoms with E-state index in [0.717, 1.165) is 0 Å². The zero-order valence-corrected chi connectivity index (χ0v) is 16.0. The minimum absolute atomic E-state index is 0.207. The number of carbonyl (C=O) groups is 2. The molecule has 0 radical (unpaired) electrons. The van der Waals surface area contributed by atoms with Crippen LogP contribution >= 0.6 is 23.2 Å². The van der Waals surface area contributed by atoms with Gasteiger partial charge in [-0.25, -0.2) is 0 Å². The first-order valence-electron chi connectivity index (χ1n) is 8.20. The second kappa shape index (κ2) is 9.21. The number of benzene rings is 2. The molecule has 8 heteroatoms. The second-order valence-electron chi connectivity index (χ2n) is 5.68. The largest absolute Gasteiger partial charge is 0.482 e. The van der Waals surface area contributed by atoms with Crippen molar-refractivity contribution in [3.05, 3.63) is 82.6 Å². The first-order valence-corrected chi connectivity index (χ1v) is 8.96. The highest BCUT2D eigenvalue weighted by Crippen LogP contribution is 2.27. The van der Waals surface area contributed by atoms with Crippen molar-refractivity contribution in [3.63, 3.8) is 0 Å². The van der Waals surface area contributed by atoms with Crippen molar-refractivity contribution < 1.29 is 14.3 Å². The summed E-state index contributed by atoms with van der Waals surface area (Å²) in [6, 6.07) is 14.8. The summed E-state index contributed by atoms with van der Waals surface area (Å²) < 4.78 is 5.39. The standard InChI is InChI=1S/C20H15Cl2N3O3/c21-14-3-8-18(17(22)10-14)28-12-19(26)24-15-4-6-16(7-5-15)25-20(27)13-2-1-9-23-11-13/h1-11H,12H2,(H,24,26)(H,25,27). The zero-order valence-electron chi connectivity index (χ0n) is 14.5. The van der Waals surface area contributed by atoms with Gasteiger partial charge in [-0.2, -0.15) is 0 Å². The number of hydrogen-bond acceptors (Lipinski definition) is 4. The Morgan fingerprint density at radius 1 is 0.964 bits per heavy atom. The predicted octanol–water partition coefficient (Wildman–Crippen LogP) is 4.66. The normalized spacial score (nSPS) is 10.2. The molecule has 3 rings (SSSR count). The number of aromatic nitrogens is 1. The van der Waals surface area contributed by atoms with Crippen molar-refractivity contribution in [1.29, 1.82) is 0 Å². The van der Waals surface area contributed by atoms with Crippen LogP contribution < -0.4 is 15.4 Å². The Bertz CT molecular complexity index is 980. The average Bonchev–Trinajstić information content (AvgIpc) is 2.69. The SMILES string of the molecule is O=C(COc1ccc(Cl)cc1Cl)Nc1ccc(NC(=O)c2cccnc2)cc1. The maximum atomic E-state index is 12.1. The number of halogens is 2. The lowest BCUT2D eigenvalue weighted by molar-refractivity contribution is -0.118. The van der Waals surface area contributed by atoms with Gasteiger partial charge >= 0.3 is 0 Å². The van der Waals surface area contributed by atoms with Gasteiger partial charge in [0.15, 0.2) is 6.61 Å². The minimum atomic E-state index is -0.349. The summed E-state index contributed by atoms with van der Waals surface area (Å²) >= 11 is 11.8. The molecule has 1 heterocycles. The van der Waals surface area contributed by atoms with Crippen molar-refractivity contribution in [2.45, 2.75) is 0 Å². The van der Waals surface area contributed by atoms with Gasteiger partial charge in [-0.05, 0) is 54.6 Å². The Hall–Kier alpha value is -3.09. The number of amides is 2. The quantitative estimate of drug-likeness (QED) is 0.613. The van der Waals surface area contributed by atoms with E-state index in [1.54, 1.807) is 54.7 Å². The summed E-state index contributed by atoms with van der Waals surface area (Å²) in [7, 11) is 0. The number of pyridine rings is 1. The van der Waals surface area contributed by atoms with Crippen LogP contribution in [0.25, 0.3) is 0 Å². The lowest BCUT2D eigenvalue weighted by Crippen LogP contribution is -2.20. The zero-order chi connectivity index (χ0) is 19.9. The van der Waals surface area contributed by atoms with Gasteiger partial charge in [0, 0.05) is 28.8 Å². The number of rotatable bonds is 6. The highest BCUT2D eigenvalue weighted by Gasteiger charge is 2.08. The van der Waals surface area contributed by atoms with Gasteiger partial charge in [0.1, 0.15) is 5.75 Å². The molecule has 2 amide bonds. The van der Waals surface area contributed by atoms with Crippen molar-refractivity contribution >= 4 is 46.4 Å². The van der Waals surface area contributed by atoms with E-state index < -0.39 is 0 Å². The molecule has 0 aliphatic rings. The Balaban J connectivity index is 1.52. The first kappa shape index (κ1) is 19.7. The molecule has 2 N–H and O–H groups in total. The maximum absolute atomic E-state index is 12.1. The van der Waals surface area contributed by atoms with Crippen LogP contribution in [-0.2, 0) is 4.79 Å². The fourth-order valence-electron chi connectivity index (χ4n) is 2.27. The maximum Gasteiger partial charge on any atom is 0.262 e. The Morgan fingerprint density at radius 3 is 2.32 bits per heavy atom. The lowest BCUT2D eigenvalue weighted by atomic mass is 10.2. The van der Waals surface area contributed by atoms with E-state index in [-0.39, 0.29) is 18.4 Å². The summed E-state index contributed by atoms with van der Waals surface area (Å²) in [4.78, 5) is 28.0. The Labute approximate surface area is 171 Å². The fraction of sp³-hybridized carbons (Fsp3) is 0.0500. The van der Waals surface area contributed by atoms with Crippen LogP contribution in [0.2, 0.25) is 10.0 Å². The van der Waals surface area contributed by atoms with Crippen LogP contribution in [-0.4, -0.2) is 23.4 Å². The molecule has 2 aromatic carbocycles. The van der Waals surface area contributed by atoms with Gasteiger partial charge in [-0.15, -0.1) is 0 Å². The number of nitrogens with one attached hydrogen (secondary N) is 2. The van der Waals surface area contributed by atoms with E-state index >= 15 is 0 Å². The van der Waals surface area contributed by atoms with Gasteiger partial charge in [-0.1, -0.05) is 23.2 Å². The number of ether oxygens (including phenoxy) is 1. The molecule has 142 valence electrons. The number of carbonyl (C=O) groups excluding carboxylic acids is 2. The molecule has 6 nitrogen and oxygen atoms in total. The molecule has 0 saturated carbocycles. The fourth-order valence-corrected chi connectivity index (χ4v) is 2.73. The monoisotopic (exact) mass is 415 g/mol. The smallest absolute Gasteiger partial charge is 0.262 e. The second-order valence-corrected chi connectivity index (χ2v) is 6.53. The van der Waals surface area contributed by atoms with E-state index in [4.69, 9.17) is 27.9 Å². The molecule has 0 aliphatic heterocycles. The Morgan fingerprint density at radius 2 is 1.68 bits per heavy atom. The molecular weight excluding hydrogens is 401 g/mol. The Kier molecular flexibility index (Phi) is 6.47. The molecule has 0 aliphatic carbocycles. The molecule has 0 atom stereocenters. The van der Waals surface area contributed by atoms with E-state index in [2.05, 4.69) is 15.6 Å². The molecule has 0 unspecified atom stereocenters. The van der Waals surface area contributed by atoms with E-state index in [9.17, 15) is 9.59 Å². The summed E-state index contributed by atoms with van der Waals surface area (Å²) in [5, 5.41) is 6.27. The predicted molar refractivity (Wildman–Crippen MR) is 109 cm³/mol. The van der Waals surface area contributed by atoms with Crippen LogP contribution in [0.3, 0.4) is 0 Å². The highest BCUT2D eigenvalue weighted by atomic mass is 35.5. The third kappa shape index (κ3) is 5.45. The van der Waals surface area contributed by atoms with E-state index in [1.807, 2.05) is 0 Å². The molecule has 28 heavy (non-hydrogen) atoms. The molecule has 3 aromatic rings. The summed E-state index contributed by atoms with van der Waals surface area (Å²) in [5.74, 6) is -0.244. The minimum Gasteiger partial charge on any atom is -0.482 e. The average molecular weight is 416 g/mol. The number of nitrogens with zero attached hydrogens (tertiary/aromatic N) is 1. The van der Waals surface area contributed by atoms with Gasteiger partial charge in [0.05, 0.1) is 10.6 Å². The summed E-state index contributed by atoms with van der Waals surface area (Å²) in [6.45, 7) is -0.207. The number of hydrogen-bond donors (Lipinski definition) is 2. The van der Waals surface area contributed by atoms with Gasteiger partial charge < -0.3 is 15.4 Å². The molecule has 1 aromatic heterocycles. The van der Waals surface area contributed by atoms with E-state index in [1.165, 1.54) is 12.3 Å². The number of anilines is 2. The third-order valence-electron chi connectivity index (χ3n) is 3.60. The first-order chi connectivity index (χ1) is 13.5. The van der Waals surface area contributed by atoms with E-state index in [0.29, 0.717) is 32.7 Å². The topological polar surface area (TPSA) is 80.3 Å². The van der Waals surface area contributed by atoms with Crippen LogP contribution in [0.15, 0.2) is 67.0 Å². The molecule has 0 saturated heterocycles. The van der Waals surface area contributed by atoms with Crippen LogP contribution in [0, 0.1) is 0 Å². The van der Waals surface area contributed by atoms with Crippen molar-refractivity contribution in [1.82, 2.24) is 4.98 Å². The molecular formula is C20H15Cl2N3O3. The van der Waals surface area contributed by atoms with Gasteiger partial charge in [-0.3, -0.25) is 14.6 Å².